The van der Waals surface area contributed by atoms with E-state index < -0.39 is 5.92 Å². The van der Waals surface area contributed by atoms with Gasteiger partial charge in [0, 0.05) is 50.5 Å². The van der Waals surface area contributed by atoms with E-state index in [1.54, 1.807) is 0 Å². The van der Waals surface area contributed by atoms with Gasteiger partial charge in [-0.1, -0.05) is 152 Å². The highest BCUT2D eigenvalue weighted by molar-refractivity contribution is 7.00. The molecule has 0 aliphatic carbocycles. The number of para-hydroxylation sites is 3. The lowest BCUT2D eigenvalue weighted by molar-refractivity contribution is 0.670. The van der Waals surface area contributed by atoms with E-state index in [1.807, 2.05) is 24.3 Å². The van der Waals surface area contributed by atoms with Gasteiger partial charge in [-0.2, -0.15) is 10.5 Å². The van der Waals surface area contributed by atoms with Crippen molar-refractivity contribution >= 4 is 79.2 Å². The van der Waals surface area contributed by atoms with Crippen LogP contribution < -0.4 is 26.2 Å². The van der Waals surface area contributed by atoms with Gasteiger partial charge >= 0.3 is 0 Å². The molecule has 10 aromatic rings. The number of fused-ring (bicyclic) bond motifs is 7. The third-order valence-electron chi connectivity index (χ3n) is 12.8. The van der Waals surface area contributed by atoms with Crippen molar-refractivity contribution in [3.8, 4) is 45.5 Å². The zero-order valence-electron chi connectivity index (χ0n) is 34.0. The van der Waals surface area contributed by atoms with Gasteiger partial charge in [0.1, 0.15) is 11.2 Å². The highest BCUT2D eigenvalue weighted by Crippen LogP contribution is 2.47. The predicted molar refractivity (Wildman–Crippen MR) is 258 cm³/mol. The van der Waals surface area contributed by atoms with E-state index in [0.717, 1.165) is 94.9 Å². The van der Waals surface area contributed by atoms with E-state index in [1.165, 1.54) is 10.9 Å². The van der Waals surface area contributed by atoms with Crippen molar-refractivity contribution in [3.05, 3.63) is 212 Å². The lowest BCUT2D eigenvalue weighted by Gasteiger charge is -2.44. The molecule has 0 spiro atoms. The van der Waals surface area contributed by atoms with E-state index in [-0.39, 0.29) is 6.71 Å². The number of nitriles is 2. The van der Waals surface area contributed by atoms with Crippen LogP contribution >= 0.6 is 0 Å². The van der Waals surface area contributed by atoms with Gasteiger partial charge in [0.05, 0.1) is 12.1 Å². The highest BCUT2D eigenvalue weighted by atomic mass is 16.3. The van der Waals surface area contributed by atoms with Gasteiger partial charge in [0.25, 0.3) is 6.71 Å². The van der Waals surface area contributed by atoms with E-state index in [0.29, 0.717) is 5.56 Å². The number of hydrogen-bond donors (Lipinski definition) is 0. The molecule has 0 bridgehead atoms. The normalized spacial score (nSPS) is 12.5. The third-order valence-corrected chi connectivity index (χ3v) is 12.8. The number of benzene rings is 9. The van der Waals surface area contributed by atoms with Gasteiger partial charge in [-0.15, -0.1) is 0 Å². The van der Waals surface area contributed by atoms with Gasteiger partial charge in [-0.25, -0.2) is 0 Å². The molecule has 9 aromatic carbocycles. The van der Waals surface area contributed by atoms with Crippen LogP contribution in [0.5, 0.6) is 0 Å². The van der Waals surface area contributed by atoms with Crippen LogP contribution in [-0.4, -0.2) is 6.71 Å². The maximum absolute atomic E-state index is 10.4. The van der Waals surface area contributed by atoms with Crippen molar-refractivity contribution in [3.63, 3.8) is 0 Å². The third kappa shape index (κ3) is 5.77. The summed E-state index contributed by atoms with van der Waals surface area (Å²) >= 11 is 0. The first kappa shape index (κ1) is 36.3. The molecule has 292 valence electrons. The summed E-state index contributed by atoms with van der Waals surface area (Å²) in [5, 5.41) is 23.0. The molecule has 3 heterocycles. The van der Waals surface area contributed by atoms with Crippen molar-refractivity contribution in [2.24, 2.45) is 0 Å². The molecule has 0 amide bonds. The minimum Gasteiger partial charge on any atom is -0.455 e. The number of rotatable bonds is 6. The Morgan fingerprint density at radius 2 is 0.968 bits per heavy atom. The second kappa shape index (κ2) is 14.6. The maximum atomic E-state index is 10.4. The summed E-state index contributed by atoms with van der Waals surface area (Å²) in [7, 11) is 0. The Labute approximate surface area is 365 Å². The van der Waals surface area contributed by atoms with Gasteiger partial charge in [-0.3, -0.25) is 0 Å². The lowest BCUT2D eigenvalue weighted by atomic mass is 9.33. The van der Waals surface area contributed by atoms with Crippen LogP contribution in [0, 0.1) is 22.7 Å². The second-order valence-corrected chi connectivity index (χ2v) is 16.2. The number of hydrogen-bond acceptors (Lipinski definition) is 5. The van der Waals surface area contributed by atoms with Crippen LogP contribution in [-0.2, 0) is 0 Å². The molecule has 2 aliphatic heterocycles. The second-order valence-electron chi connectivity index (χ2n) is 16.2. The van der Waals surface area contributed by atoms with Crippen LogP contribution in [0.3, 0.4) is 0 Å². The minimum absolute atomic E-state index is 0.136. The van der Waals surface area contributed by atoms with Gasteiger partial charge < -0.3 is 14.2 Å². The molecule has 0 unspecified atom stereocenters. The lowest BCUT2D eigenvalue weighted by Crippen LogP contribution is -2.61. The molecule has 0 fully saturated rings. The van der Waals surface area contributed by atoms with Crippen molar-refractivity contribution in [2.75, 3.05) is 9.80 Å². The van der Waals surface area contributed by atoms with Crippen molar-refractivity contribution < 1.29 is 4.42 Å². The quantitative estimate of drug-likeness (QED) is 0.157. The first-order valence-corrected chi connectivity index (χ1v) is 21.2. The molecule has 0 N–H and O–H groups in total. The van der Waals surface area contributed by atoms with Crippen LogP contribution in [0.2, 0.25) is 0 Å². The fraction of sp³-hybridized carbons (Fsp3) is 0.0175. The first-order chi connectivity index (χ1) is 31.2. The summed E-state index contributed by atoms with van der Waals surface area (Å²) in [4.78, 5) is 4.64. The number of furan rings is 1. The largest absolute Gasteiger partial charge is 0.455 e. The molecule has 1 aromatic heterocycles. The fourth-order valence-electron chi connectivity index (χ4n) is 9.88. The highest BCUT2D eigenvalue weighted by Gasteiger charge is 2.44. The van der Waals surface area contributed by atoms with Gasteiger partial charge in [0.2, 0.25) is 0 Å². The predicted octanol–water partition coefficient (Wildman–Crippen LogP) is 12.8. The van der Waals surface area contributed by atoms with E-state index in [9.17, 15) is 10.5 Å². The summed E-state index contributed by atoms with van der Waals surface area (Å²) in [5.41, 5.74) is 18.4. The van der Waals surface area contributed by atoms with Crippen LogP contribution in [0.25, 0.3) is 55.3 Å². The summed E-state index contributed by atoms with van der Waals surface area (Å²) < 4.78 is 6.46. The Morgan fingerprint density at radius 3 is 1.65 bits per heavy atom. The zero-order valence-corrected chi connectivity index (χ0v) is 34.0. The van der Waals surface area contributed by atoms with E-state index in [2.05, 4.69) is 204 Å². The number of nitrogens with zero attached hydrogens (tertiary/aromatic N) is 4. The Kier molecular flexibility index (Phi) is 8.39. The van der Waals surface area contributed by atoms with Crippen LogP contribution in [0.15, 0.2) is 211 Å². The zero-order chi connectivity index (χ0) is 42.0. The van der Waals surface area contributed by atoms with Crippen LogP contribution in [0.4, 0.5) is 34.1 Å². The summed E-state index contributed by atoms with van der Waals surface area (Å²) in [5.74, 6) is -0.972. The molecule has 5 nitrogen and oxygen atoms in total. The molecule has 0 atom stereocenters. The fourth-order valence-corrected chi connectivity index (χ4v) is 9.88. The molecule has 12 rings (SSSR count). The molecular weight excluding hydrogens is 767 g/mol. The van der Waals surface area contributed by atoms with Gasteiger partial charge in [-0.05, 0) is 104 Å². The molecule has 0 saturated heterocycles. The monoisotopic (exact) mass is 802 g/mol. The Balaban J connectivity index is 1.09. The van der Waals surface area contributed by atoms with E-state index >= 15 is 0 Å². The Morgan fingerprint density at radius 1 is 0.429 bits per heavy atom. The summed E-state index contributed by atoms with van der Waals surface area (Å²) in [6, 6.07) is 77.0. The topological polar surface area (TPSA) is 67.2 Å². The standard InChI is InChI=1S/C57H35BN4O/c59-35-43(36-60)42-33-53-56-54(34-42)62(45-29-24-40(25-30-45)46-17-11-18-48-47-16-7-10-21-55(47)63-57(46)48)52-31-26-41(38-14-5-2-6-15-38)32-50(52)58(56)49-19-8-9-20-51(49)61(53)44-27-22-39(23-28-44)37-12-3-1-4-13-37/h1-34,43H. The molecular formula is C57H35BN4O. The average Bonchev–Trinajstić information content (AvgIpc) is 3.74. The average molecular weight is 803 g/mol. The molecule has 63 heavy (non-hydrogen) atoms. The first-order valence-electron chi connectivity index (χ1n) is 21.2. The molecule has 0 radical (unpaired) electrons. The van der Waals surface area contributed by atoms with Gasteiger partial charge in [0.15, 0.2) is 5.92 Å². The molecule has 2 aliphatic rings. The summed E-state index contributed by atoms with van der Waals surface area (Å²) in [6.07, 6.45) is 0. The Hall–Kier alpha value is -8.58. The Bertz CT molecular complexity index is 3480. The summed E-state index contributed by atoms with van der Waals surface area (Å²) in [6.45, 7) is -0.136. The van der Waals surface area contributed by atoms with Crippen molar-refractivity contribution in [1.82, 2.24) is 0 Å². The van der Waals surface area contributed by atoms with E-state index in [4.69, 9.17) is 4.42 Å². The number of anilines is 6. The molecule has 0 saturated carbocycles. The maximum Gasteiger partial charge on any atom is 0.252 e. The molecule has 6 heteroatoms. The van der Waals surface area contributed by atoms with Crippen LogP contribution in [0.1, 0.15) is 11.5 Å². The smallest absolute Gasteiger partial charge is 0.252 e. The van der Waals surface area contributed by atoms with Crippen molar-refractivity contribution in [1.29, 1.82) is 10.5 Å². The minimum atomic E-state index is -0.972. The van der Waals surface area contributed by atoms with Crippen molar-refractivity contribution in [2.45, 2.75) is 5.92 Å². The SMILES string of the molecule is N#CC(C#N)c1cc2c3c(c1)N(c1ccc(-c4cccc5c4oc4ccccc45)cc1)c1ccc(-c4ccccc4)cc1B3c1ccccc1N2c1ccc(-c2ccccc2)cc1.